The number of halogens is 1. The zero-order valence-corrected chi connectivity index (χ0v) is 24.2. The molecule has 0 saturated carbocycles. The van der Waals surface area contributed by atoms with E-state index in [2.05, 4.69) is 20.9 Å². The van der Waals surface area contributed by atoms with E-state index in [1.54, 1.807) is 11.3 Å². The summed E-state index contributed by atoms with van der Waals surface area (Å²) in [6.45, 7) is 13.5. The fourth-order valence-electron chi connectivity index (χ4n) is 4.97. The molecule has 0 saturated heterocycles. The molecule has 1 unspecified atom stereocenters. The molecule has 200 valence electrons. The Kier molecular flexibility index (Phi) is 7.24. The lowest BCUT2D eigenvalue weighted by atomic mass is 9.91. The number of hydrogen-bond acceptors (Lipinski definition) is 7. The fourth-order valence-corrected chi connectivity index (χ4v) is 6.25. The number of ether oxygens (including phenoxy) is 2. The number of imidazole rings is 1. The van der Waals surface area contributed by atoms with Crippen LogP contribution in [-0.4, -0.2) is 39.7 Å². The lowest BCUT2D eigenvalue weighted by molar-refractivity contribution is -0.166. The quantitative estimate of drug-likeness (QED) is 0.261. The van der Waals surface area contributed by atoms with Crippen molar-refractivity contribution in [2.45, 2.75) is 66.2 Å². The summed E-state index contributed by atoms with van der Waals surface area (Å²) in [5.74, 6) is 0.540. The van der Waals surface area contributed by atoms with Crippen LogP contribution in [0.4, 0.5) is 5.13 Å². The maximum Gasteiger partial charge on any atom is 0.339 e. The number of carbonyl (C=O) groups excluding carboxylic acids is 1. The average Bonchev–Trinajstić information content (AvgIpc) is 3.43. The lowest BCUT2D eigenvalue weighted by Gasteiger charge is -2.29. The summed E-state index contributed by atoms with van der Waals surface area (Å²) in [6.07, 6.45) is -0.0186. The van der Waals surface area contributed by atoms with Crippen molar-refractivity contribution in [3.63, 3.8) is 0 Å². The van der Waals surface area contributed by atoms with Crippen LogP contribution < -0.4 is 4.90 Å². The van der Waals surface area contributed by atoms with E-state index < -0.39 is 17.7 Å². The first-order valence-corrected chi connectivity index (χ1v) is 14.1. The number of rotatable bonds is 6. The zero-order chi connectivity index (χ0) is 27.2. The molecule has 0 radical (unpaired) electrons. The van der Waals surface area contributed by atoms with E-state index in [4.69, 9.17) is 26.1 Å². The smallest absolute Gasteiger partial charge is 0.339 e. The van der Waals surface area contributed by atoms with E-state index in [1.807, 2.05) is 65.8 Å². The first kappa shape index (κ1) is 26.7. The van der Waals surface area contributed by atoms with Crippen LogP contribution in [0.1, 0.15) is 62.1 Å². The summed E-state index contributed by atoms with van der Waals surface area (Å²) < 4.78 is 12.9. The van der Waals surface area contributed by atoms with Gasteiger partial charge in [-0.1, -0.05) is 35.1 Å². The Hall–Kier alpha value is -2.94. The van der Waals surface area contributed by atoms with Crippen LogP contribution in [0.15, 0.2) is 30.3 Å². The van der Waals surface area contributed by atoms with E-state index >= 15 is 0 Å². The molecule has 1 aliphatic heterocycles. The molecule has 0 amide bonds. The van der Waals surface area contributed by atoms with Crippen molar-refractivity contribution in [3.05, 3.63) is 63.7 Å². The number of carbonyl (C=O) groups is 1. The Bertz CT molecular complexity index is 1490. The van der Waals surface area contributed by atoms with E-state index in [9.17, 15) is 4.79 Å². The Morgan fingerprint density at radius 3 is 2.63 bits per heavy atom. The minimum atomic E-state index is -0.888. The highest BCUT2D eigenvalue weighted by molar-refractivity contribution is 7.22. The van der Waals surface area contributed by atoms with Crippen molar-refractivity contribution >= 4 is 44.3 Å². The molecule has 7 nitrogen and oxygen atoms in total. The number of fused-ring (bicyclic) bond motifs is 2. The number of thiazole rings is 1. The number of aromatic nitrogens is 3. The summed E-state index contributed by atoms with van der Waals surface area (Å²) in [5, 5.41) is 1.59. The molecule has 4 aromatic rings. The zero-order valence-electron chi connectivity index (χ0n) is 22.6. The number of benzene rings is 2. The summed E-state index contributed by atoms with van der Waals surface area (Å²) in [6, 6.07) is 9.76. The van der Waals surface area contributed by atoms with Crippen molar-refractivity contribution in [3.8, 4) is 11.1 Å². The van der Waals surface area contributed by atoms with Crippen LogP contribution in [0.2, 0.25) is 5.02 Å². The van der Waals surface area contributed by atoms with Gasteiger partial charge in [0.25, 0.3) is 0 Å². The van der Waals surface area contributed by atoms with Crippen LogP contribution in [-0.2, 0) is 27.2 Å². The number of aromatic amines is 1. The second-order valence-corrected chi connectivity index (χ2v) is 12.0. The predicted octanol–water partition coefficient (Wildman–Crippen LogP) is 6.94. The second kappa shape index (κ2) is 10.3. The number of H-pyrrole nitrogens is 1. The first-order chi connectivity index (χ1) is 18.0. The topological polar surface area (TPSA) is 80.3 Å². The molecule has 5 rings (SSSR count). The van der Waals surface area contributed by atoms with Gasteiger partial charge in [-0.3, -0.25) is 0 Å². The summed E-state index contributed by atoms with van der Waals surface area (Å²) >= 11 is 7.89. The van der Waals surface area contributed by atoms with Gasteiger partial charge in [0.2, 0.25) is 0 Å². The first-order valence-electron chi connectivity index (χ1n) is 12.9. The van der Waals surface area contributed by atoms with Crippen molar-refractivity contribution < 1.29 is 14.3 Å². The predicted molar refractivity (Wildman–Crippen MR) is 153 cm³/mol. The molecule has 38 heavy (non-hydrogen) atoms. The highest BCUT2D eigenvalue weighted by Crippen LogP contribution is 2.45. The lowest BCUT2D eigenvalue weighted by Crippen LogP contribution is -2.30. The number of hydrogen-bond donors (Lipinski definition) is 1. The van der Waals surface area contributed by atoms with Gasteiger partial charge >= 0.3 is 5.97 Å². The Morgan fingerprint density at radius 1 is 1.21 bits per heavy atom. The van der Waals surface area contributed by atoms with Crippen LogP contribution in [0, 0.1) is 13.8 Å². The normalized spacial score (nSPS) is 14.6. The van der Waals surface area contributed by atoms with Crippen LogP contribution in [0.25, 0.3) is 21.3 Å². The van der Waals surface area contributed by atoms with Gasteiger partial charge in [0.15, 0.2) is 11.2 Å². The maximum atomic E-state index is 13.3. The average molecular weight is 553 g/mol. The number of nitrogens with one attached hydrogen (secondary N) is 1. The standard InChI is InChI=1S/C29H33ClN4O3S/c1-7-36-27(35)25(37-29(4,5)6)23-16(2)14-21-26(24(23)18-8-10-19(30)11-9-18)38-28(33-21)34-13-12-20-22(15-34)32-17(3)31-20/h8-11,14,25H,7,12-13,15H2,1-6H3,(H,31,32). The van der Waals surface area contributed by atoms with Gasteiger partial charge < -0.3 is 19.4 Å². The molecule has 1 atom stereocenters. The van der Waals surface area contributed by atoms with E-state index in [-0.39, 0.29) is 6.61 Å². The molecular formula is C29H33ClN4O3S. The summed E-state index contributed by atoms with van der Waals surface area (Å²) in [4.78, 5) is 28.7. The third kappa shape index (κ3) is 5.30. The van der Waals surface area contributed by atoms with Crippen molar-refractivity contribution in [1.82, 2.24) is 15.0 Å². The molecule has 9 heteroatoms. The highest BCUT2D eigenvalue weighted by Gasteiger charge is 2.34. The van der Waals surface area contributed by atoms with Gasteiger partial charge in [0.1, 0.15) is 5.82 Å². The third-order valence-electron chi connectivity index (χ3n) is 6.50. The van der Waals surface area contributed by atoms with Crippen molar-refractivity contribution in [2.24, 2.45) is 0 Å². The van der Waals surface area contributed by atoms with Crippen molar-refractivity contribution in [1.29, 1.82) is 0 Å². The molecule has 1 aliphatic rings. The number of esters is 1. The third-order valence-corrected chi connectivity index (χ3v) is 7.91. The van der Waals surface area contributed by atoms with Crippen molar-refractivity contribution in [2.75, 3.05) is 18.1 Å². The Morgan fingerprint density at radius 2 is 1.95 bits per heavy atom. The summed E-state index contributed by atoms with van der Waals surface area (Å²) in [7, 11) is 0. The monoisotopic (exact) mass is 552 g/mol. The van der Waals surface area contributed by atoms with E-state index in [0.29, 0.717) is 5.02 Å². The number of nitrogens with zero attached hydrogens (tertiary/aromatic N) is 3. The molecule has 0 aliphatic carbocycles. The SMILES string of the molecule is CCOC(=O)C(OC(C)(C)C)c1c(C)cc2nc(N3CCc4nc(C)[nH]c4C3)sc2c1-c1ccc(Cl)cc1. The maximum absolute atomic E-state index is 13.3. The Balaban J connectivity index is 1.69. The van der Waals surface area contributed by atoms with Crippen LogP contribution in [0.3, 0.4) is 0 Å². The molecule has 0 bridgehead atoms. The largest absolute Gasteiger partial charge is 0.464 e. The highest BCUT2D eigenvalue weighted by atomic mass is 35.5. The molecule has 1 N–H and O–H groups in total. The molecule has 0 fully saturated rings. The van der Waals surface area contributed by atoms with Gasteiger partial charge in [0, 0.05) is 29.1 Å². The van der Waals surface area contributed by atoms with Crippen LogP contribution in [0.5, 0.6) is 0 Å². The second-order valence-electron chi connectivity index (χ2n) is 10.6. The van der Waals surface area contributed by atoms with Gasteiger partial charge in [-0.25, -0.2) is 14.8 Å². The molecule has 2 aromatic heterocycles. The van der Waals surface area contributed by atoms with Gasteiger partial charge in [0.05, 0.1) is 40.4 Å². The summed E-state index contributed by atoms with van der Waals surface area (Å²) in [5.41, 5.74) is 6.20. The van der Waals surface area contributed by atoms with Gasteiger partial charge in [-0.05, 0) is 70.9 Å². The minimum absolute atomic E-state index is 0.273. The van der Waals surface area contributed by atoms with E-state index in [1.165, 1.54) is 0 Å². The molecule has 2 aromatic carbocycles. The molecular weight excluding hydrogens is 520 g/mol. The van der Waals surface area contributed by atoms with Gasteiger partial charge in [-0.2, -0.15) is 0 Å². The minimum Gasteiger partial charge on any atom is -0.464 e. The fraction of sp³-hybridized carbons (Fsp3) is 0.414. The number of anilines is 1. The molecule has 0 spiro atoms. The molecule has 3 heterocycles. The van der Waals surface area contributed by atoms with Gasteiger partial charge in [-0.15, -0.1) is 0 Å². The van der Waals surface area contributed by atoms with E-state index in [0.717, 1.165) is 74.3 Å². The number of aryl methyl sites for hydroxylation is 2. The van der Waals surface area contributed by atoms with Crippen LogP contribution >= 0.6 is 22.9 Å². The Labute approximate surface area is 232 Å².